The first kappa shape index (κ1) is 23.6. The van der Waals surface area contributed by atoms with Gasteiger partial charge in [-0.25, -0.2) is 9.67 Å². The second-order valence-electron chi connectivity index (χ2n) is 8.06. The van der Waals surface area contributed by atoms with E-state index in [1.807, 2.05) is 66.5 Å². The Morgan fingerprint density at radius 3 is 2.52 bits per heavy atom. The van der Waals surface area contributed by atoms with Crippen LogP contribution in [-0.2, 0) is 7.05 Å². The highest BCUT2D eigenvalue weighted by Crippen LogP contribution is 2.33. The van der Waals surface area contributed by atoms with Crippen LogP contribution in [0.1, 0.15) is 38.4 Å². The van der Waals surface area contributed by atoms with Crippen molar-refractivity contribution in [3.05, 3.63) is 84.8 Å². The van der Waals surface area contributed by atoms with Gasteiger partial charge in [-0.3, -0.25) is 9.48 Å². The summed E-state index contributed by atoms with van der Waals surface area (Å²) >= 11 is 14.2. The first-order valence-corrected chi connectivity index (χ1v) is 12.5. The van der Waals surface area contributed by atoms with Gasteiger partial charge in [0, 0.05) is 29.1 Å². The first-order valence-electron chi connectivity index (χ1n) is 10.9. The number of hydrogen-bond donors (Lipinski definition) is 0. The van der Waals surface area contributed by atoms with Crippen molar-refractivity contribution in [2.75, 3.05) is 0 Å². The smallest absolute Gasteiger partial charge is 0.297 e. The monoisotopic (exact) mass is 500 g/mol. The van der Waals surface area contributed by atoms with E-state index >= 15 is 0 Å². The minimum Gasteiger partial charge on any atom is -0.314 e. The van der Waals surface area contributed by atoms with E-state index < -0.39 is 0 Å². The third kappa shape index (κ3) is 4.47. The van der Waals surface area contributed by atoms with E-state index in [1.54, 1.807) is 10.7 Å². The summed E-state index contributed by atoms with van der Waals surface area (Å²) in [7, 11) is 1.88. The van der Waals surface area contributed by atoms with E-state index in [9.17, 15) is 4.79 Å². The molecule has 1 unspecified atom stereocenters. The van der Waals surface area contributed by atoms with E-state index in [-0.39, 0.29) is 11.6 Å². The molecule has 0 aliphatic carbocycles. The minimum atomic E-state index is -0.143. The lowest BCUT2D eigenvalue weighted by Gasteiger charge is -2.17. The summed E-state index contributed by atoms with van der Waals surface area (Å²) in [6.07, 6.45) is 2.01. The highest BCUT2D eigenvalue weighted by atomic mass is 35.5. The molecule has 2 aromatic carbocycles. The first-order chi connectivity index (χ1) is 15.8. The van der Waals surface area contributed by atoms with Crippen LogP contribution in [-0.4, -0.2) is 13.9 Å². The Bertz CT molecular complexity index is 1410. The molecule has 0 aliphatic rings. The zero-order valence-electron chi connectivity index (χ0n) is 19.0. The van der Waals surface area contributed by atoms with Gasteiger partial charge in [0.25, 0.3) is 5.56 Å². The normalized spacial score (nSPS) is 13.0. The van der Waals surface area contributed by atoms with Crippen molar-refractivity contribution in [2.45, 2.75) is 39.7 Å². The molecule has 0 aliphatic heterocycles. The molecule has 0 N–H and O–H groups in total. The summed E-state index contributed by atoms with van der Waals surface area (Å²) in [6, 6.07) is 15.3. The Hall–Kier alpha value is -2.54. The predicted octanol–water partition coefficient (Wildman–Crippen LogP) is 6.91. The molecular formula is C25H26Cl2N4OS. The van der Waals surface area contributed by atoms with Crippen molar-refractivity contribution in [1.29, 1.82) is 0 Å². The number of hydrogen-bond acceptors (Lipinski definition) is 3. The second kappa shape index (κ2) is 9.75. The summed E-state index contributed by atoms with van der Waals surface area (Å²) in [4.78, 5) is 19.1. The lowest BCUT2D eigenvalue weighted by molar-refractivity contribution is 0.495. The maximum absolute atomic E-state index is 13.4. The van der Waals surface area contributed by atoms with Crippen LogP contribution in [0, 0.1) is 6.92 Å². The summed E-state index contributed by atoms with van der Waals surface area (Å²) < 4.78 is 5.68. The highest BCUT2D eigenvalue weighted by molar-refractivity contribution is 7.07. The molecule has 2 heterocycles. The Morgan fingerprint density at radius 2 is 1.85 bits per heavy atom. The van der Waals surface area contributed by atoms with E-state index in [2.05, 4.69) is 18.4 Å². The van der Waals surface area contributed by atoms with E-state index in [0.29, 0.717) is 15.7 Å². The van der Waals surface area contributed by atoms with Gasteiger partial charge in [-0.15, -0.1) is 11.3 Å². The van der Waals surface area contributed by atoms with Crippen LogP contribution in [0.5, 0.6) is 0 Å². The van der Waals surface area contributed by atoms with E-state index in [1.165, 1.54) is 11.3 Å². The van der Waals surface area contributed by atoms with Crippen LogP contribution < -0.4 is 10.4 Å². The maximum atomic E-state index is 13.4. The van der Waals surface area contributed by atoms with E-state index in [0.717, 1.165) is 40.3 Å². The maximum Gasteiger partial charge on any atom is 0.297 e. The Labute approximate surface area is 207 Å². The van der Waals surface area contributed by atoms with Gasteiger partial charge in [0.2, 0.25) is 0 Å². The molecule has 2 aromatic heterocycles. The quantitative estimate of drug-likeness (QED) is 0.283. The average molecular weight is 501 g/mol. The van der Waals surface area contributed by atoms with Crippen molar-refractivity contribution in [3.63, 3.8) is 0 Å². The molecule has 33 heavy (non-hydrogen) atoms. The molecular weight excluding hydrogens is 475 g/mol. The van der Waals surface area contributed by atoms with Crippen molar-refractivity contribution in [2.24, 2.45) is 12.0 Å². The van der Waals surface area contributed by atoms with Crippen LogP contribution in [0.25, 0.3) is 16.9 Å². The molecule has 4 rings (SSSR count). The SMILES string of the molecule is CCCC(C)n1c(-c2ccc(Cl)cc2Cl)csc1=Nc1c(C)n(C)n(-c2ccccc2)c1=O. The lowest BCUT2D eigenvalue weighted by atomic mass is 10.1. The molecule has 172 valence electrons. The largest absolute Gasteiger partial charge is 0.314 e. The van der Waals surface area contributed by atoms with Crippen molar-refractivity contribution in [1.82, 2.24) is 13.9 Å². The van der Waals surface area contributed by atoms with Gasteiger partial charge in [-0.2, -0.15) is 0 Å². The summed E-state index contributed by atoms with van der Waals surface area (Å²) in [6.45, 7) is 6.25. The molecule has 0 fully saturated rings. The summed E-state index contributed by atoms with van der Waals surface area (Å²) in [5.74, 6) is 0. The Balaban J connectivity index is 1.94. The predicted molar refractivity (Wildman–Crippen MR) is 138 cm³/mol. The van der Waals surface area contributed by atoms with Crippen molar-refractivity contribution >= 4 is 40.2 Å². The fourth-order valence-corrected chi connectivity index (χ4v) is 5.55. The van der Waals surface area contributed by atoms with Gasteiger partial charge in [-0.05, 0) is 50.6 Å². The number of benzene rings is 2. The van der Waals surface area contributed by atoms with Crippen LogP contribution >= 0.6 is 34.5 Å². The number of nitrogens with zero attached hydrogens (tertiary/aromatic N) is 4. The molecule has 0 bridgehead atoms. The van der Waals surface area contributed by atoms with Gasteiger partial charge in [0.15, 0.2) is 10.5 Å². The Kier molecular flexibility index (Phi) is 6.98. The standard InChI is InChI=1S/C25H26Cl2N4OS/c1-5-9-16(2)30-22(20-13-12-18(26)14-21(20)27)15-33-25(30)28-23-17(3)29(4)31(24(23)32)19-10-7-6-8-11-19/h6-8,10-16H,5,9H2,1-4H3. The zero-order chi connectivity index (χ0) is 23.7. The summed E-state index contributed by atoms with van der Waals surface area (Å²) in [5, 5.41) is 3.23. The molecule has 0 saturated carbocycles. The third-order valence-corrected chi connectivity index (χ3v) is 7.21. The van der Waals surface area contributed by atoms with Gasteiger partial charge < -0.3 is 4.57 Å². The van der Waals surface area contributed by atoms with Crippen molar-refractivity contribution in [3.8, 4) is 16.9 Å². The molecule has 8 heteroatoms. The fourth-order valence-electron chi connectivity index (χ4n) is 4.05. The second-order valence-corrected chi connectivity index (χ2v) is 9.74. The van der Waals surface area contributed by atoms with Gasteiger partial charge in [0.05, 0.1) is 22.1 Å². The lowest BCUT2D eigenvalue weighted by Crippen LogP contribution is -2.21. The highest BCUT2D eigenvalue weighted by Gasteiger charge is 2.19. The van der Waals surface area contributed by atoms with Gasteiger partial charge >= 0.3 is 0 Å². The van der Waals surface area contributed by atoms with Crippen molar-refractivity contribution < 1.29 is 0 Å². The number of thiazole rings is 1. The van der Waals surface area contributed by atoms with Gasteiger partial charge in [-0.1, -0.05) is 54.7 Å². The number of para-hydroxylation sites is 1. The van der Waals surface area contributed by atoms with Gasteiger partial charge in [0.1, 0.15) is 0 Å². The molecule has 0 saturated heterocycles. The molecule has 1 atom stereocenters. The third-order valence-electron chi connectivity index (χ3n) is 5.83. The molecule has 0 amide bonds. The minimum absolute atomic E-state index is 0.143. The number of aromatic nitrogens is 3. The number of rotatable bonds is 6. The molecule has 5 nitrogen and oxygen atoms in total. The van der Waals surface area contributed by atoms with Crippen LogP contribution in [0.2, 0.25) is 10.0 Å². The molecule has 4 aromatic rings. The average Bonchev–Trinajstić information content (AvgIpc) is 3.29. The molecule has 0 radical (unpaired) electrons. The summed E-state index contributed by atoms with van der Waals surface area (Å²) in [5.41, 5.74) is 3.77. The van der Waals surface area contributed by atoms with Crippen LogP contribution in [0.15, 0.2) is 63.7 Å². The fraction of sp³-hybridized carbons (Fsp3) is 0.280. The number of halogens is 2. The van der Waals surface area contributed by atoms with E-state index in [4.69, 9.17) is 28.2 Å². The van der Waals surface area contributed by atoms with Crippen LogP contribution in [0.3, 0.4) is 0 Å². The topological polar surface area (TPSA) is 44.2 Å². The Morgan fingerprint density at radius 1 is 1.12 bits per heavy atom. The van der Waals surface area contributed by atoms with Crippen LogP contribution in [0.4, 0.5) is 5.69 Å². The molecule has 0 spiro atoms. The zero-order valence-corrected chi connectivity index (χ0v) is 21.4.